The fraction of sp³-hybridized carbons (Fsp3) is 0.385. The first-order valence-electron chi connectivity index (χ1n) is 5.99. The first-order valence-corrected chi connectivity index (χ1v) is 5.99. The fourth-order valence-corrected chi connectivity index (χ4v) is 1.99. The molecule has 2 aromatic rings. The summed E-state index contributed by atoms with van der Waals surface area (Å²) in [6.45, 7) is 4.12. The van der Waals surface area contributed by atoms with E-state index in [4.69, 9.17) is 6.42 Å². The number of carbonyl (C=O) groups is 1. The third-order valence-electron chi connectivity index (χ3n) is 2.98. The predicted molar refractivity (Wildman–Crippen MR) is 70.4 cm³/mol. The Kier molecular flexibility index (Phi) is 3.76. The number of rotatable bonds is 4. The van der Waals surface area contributed by atoms with Crippen LogP contribution in [0.1, 0.15) is 23.4 Å². The normalized spacial score (nSPS) is 10.4. The van der Waals surface area contributed by atoms with Crippen molar-refractivity contribution in [2.45, 2.75) is 26.7 Å². The molecule has 0 saturated carbocycles. The molecular formula is C13H15N5O. The summed E-state index contributed by atoms with van der Waals surface area (Å²) in [5, 5.41) is 6.76. The molecule has 0 radical (unpaired) electrons. The molecule has 0 aliphatic heterocycles. The number of hydrogen-bond acceptors (Lipinski definition) is 4. The molecule has 2 aromatic heterocycles. The van der Waals surface area contributed by atoms with Crippen LogP contribution < -0.4 is 5.32 Å². The van der Waals surface area contributed by atoms with Crippen LogP contribution in [0.3, 0.4) is 0 Å². The van der Waals surface area contributed by atoms with Crippen molar-refractivity contribution in [3.8, 4) is 12.3 Å². The van der Waals surface area contributed by atoms with Gasteiger partial charge in [-0.1, -0.05) is 5.92 Å². The fourth-order valence-electron chi connectivity index (χ4n) is 1.99. The van der Waals surface area contributed by atoms with Crippen molar-refractivity contribution < 1.29 is 4.79 Å². The van der Waals surface area contributed by atoms with Gasteiger partial charge in [0.2, 0.25) is 5.91 Å². The summed E-state index contributed by atoms with van der Waals surface area (Å²) in [4.78, 5) is 20.0. The second kappa shape index (κ2) is 5.48. The predicted octanol–water partition coefficient (Wildman–Crippen LogP) is 0.423. The molecule has 0 spiro atoms. The van der Waals surface area contributed by atoms with Crippen molar-refractivity contribution in [1.82, 2.24) is 24.9 Å². The first-order chi connectivity index (χ1) is 9.13. The molecule has 0 aliphatic carbocycles. The van der Waals surface area contributed by atoms with E-state index in [1.165, 1.54) is 6.33 Å². The van der Waals surface area contributed by atoms with Crippen LogP contribution in [0.5, 0.6) is 0 Å². The Morgan fingerprint density at radius 3 is 3.05 bits per heavy atom. The maximum atomic E-state index is 11.5. The monoisotopic (exact) mass is 257 g/mol. The van der Waals surface area contributed by atoms with E-state index in [9.17, 15) is 4.79 Å². The maximum Gasteiger partial charge on any atom is 0.252 e. The molecule has 0 atom stereocenters. The van der Waals surface area contributed by atoms with Gasteiger partial charge in [-0.05, 0) is 25.8 Å². The van der Waals surface area contributed by atoms with Gasteiger partial charge in [0, 0.05) is 17.8 Å². The Bertz CT molecular complexity index is 653. The van der Waals surface area contributed by atoms with Crippen molar-refractivity contribution >= 4 is 11.7 Å². The van der Waals surface area contributed by atoms with Crippen LogP contribution in [0.2, 0.25) is 0 Å². The SMILES string of the molecule is C#CCNC(=O)CCc1c(C)nc2ncnn2c1C. The Hall–Kier alpha value is -2.42. The van der Waals surface area contributed by atoms with Crippen molar-refractivity contribution in [1.29, 1.82) is 0 Å². The van der Waals surface area contributed by atoms with E-state index in [2.05, 4.69) is 26.3 Å². The highest BCUT2D eigenvalue weighted by Crippen LogP contribution is 2.14. The summed E-state index contributed by atoms with van der Waals surface area (Å²) in [6, 6.07) is 0. The molecule has 0 saturated heterocycles. The second-order valence-electron chi connectivity index (χ2n) is 4.21. The Labute approximate surface area is 111 Å². The van der Waals surface area contributed by atoms with Crippen LogP contribution >= 0.6 is 0 Å². The van der Waals surface area contributed by atoms with E-state index in [1.807, 2.05) is 13.8 Å². The zero-order chi connectivity index (χ0) is 13.8. The number of nitrogens with zero attached hydrogens (tertiary/aromatic N) is 4. The van der Waals surface area contributed by atoms with Crippen molar-refractivity contribution in [2.75, 3.05) is 6.54 Å². The number of fused-ring (bicyclic) bond motifs is 1. The largest absolute Gasteiger partial charge is 0.345 e. The third-order valence-corrected chi connectivity index (χ3v) is 2.98. The van der Waals surface area contributed by atoms with Crippen molar-refractivity contribution in [2.24, 2.45) is 0 Å². The quantitative estimate of drug-likeness (QED) is 0.806. The molecule has 98 valence electrons. The molecule has 6 heteroatoms. The van der Waals surface area contributed by atoms with Crippen LogP contribution in [0.4, 0.5) is 0 Å². The van der Waals surface area contributed by atoms with Gasteiger partial charge in [-0.15, -0.1) is 6.42 Å². The lowest BCUT2D eigenvalue weighted by Gasteiger charge is -2.10. The highest BCUT2D eigenvalue weighted by atomic mass is 16.1. The van der Waals surface area contributed by atoms with Gasteiger partial charge >= 0.3 is 0 Å². The molecule has 0 fully saturated rings. The van der Waals surface area contributed by atoms with Gasteiger partial charge in [0.1, 0.15) is 6.33 Å². The van der Waals surface area contributed by atoms with Crippen LogP contribution in [-0.2, 0) is 11.2 Å². The first kappa shape index (κ1) is 13.0. The Morgan fingerprint density at radius 2 is 2.32 bits per heavy atom. The summed E-state index contributed by atoms with van der Waals surface area (Å²) in [5.41, 5.74) is 2.86. The zero-order valence-electron chi connectivity index (χ0n) is 11.0. The molecule has 2 rings (SSSR count). The molecule has 0 unspecified atom stereocenters. The lowest BCUT2D eigenvalue weighted by molar-refractivity contribution is -0.120. The summed E-state index contributed by atoms with van der Waals surface area (Å²) < 4.78 is 1.68. The van der Waals surface area contributed by atoms with E-state index in [1.54, 1.807) is 4.52 Å². The standard InChI is InChI=1S/C13H15N5O/c1-4-7-14-12(19)6-5-11-9(2)17-13-15-8-16-18(13)10(11)3/h1,8H,5-7H2,2-3H3,(H,14,19). The van der Waals surface area contributed by atoms with Gasteiger partial charge < -0.3 is 5.32 Å². The van der Waals surface area contributed by atoms with E-state index < -0.39 is 0 Å². The van der Waals surface area contributed by atoms with Crippen LogP contribution in [0.25, 0.3) is 5.78 Å². The minimum atomic E-state index is -0.0598. The van der Waals surface area contributed by atoms with Gasteiger partial charge in [-0.25, -0.2) is 9.50 Å². The average molecular weight is 257 g/mol. The van der Waals surface area contributed by atoms with Gasteiger partial charge in [-0.2, -0.15) is 10.1 Å². The minimum absolute atomic E-state index is 0.0598. The van der Waals surface area contributed by atoms with Gasteiger partial charge in [-0.3, -0.25) is 4.79 Å². The smallest absolute Gasteiger partial charge is 0.252 e. The Morgan fingerprint density at radius 1 is 1.53 bits per heavy atom. The summed E-state index contributed by atoms with van der Waals surface area (Å²) in [7, 11) is 0. The van der Waals surface area contributed by atoms with Gasteiger partial charge in [0.15, 0.2) is 0 Å². The zero-order valence-corrected chi connectivity index (χ0v) is 11.0. The van der Waals surface area contributed by atoms with Crippen molar-refractivity contribution in [3.63, 3.8) is 0 Å². The molecule has 19 heavy (non-hydrogen) atoms. The second-order valence-corrected chi connectivity index (χ2v) is 4.21. The topological polar surface area (TPSA) is 72.2 Å². The van der Waals surface area contributed by atoms with E-state index in [0.717, 1.165) is 17.0 Å². The molecule has 1 amide bonds. The minimum Gasteiger partial charge on any atom is -0.345 e. The number of amides is 1. The number of aromatic nitrogens is 4. The molecular weight excluding hydrogens is 242 g/mol. The van der Waals surface area contributed by atoms with E-state index >= 15 is 0 Å². The highest BCUT2D eigenvalue weighted by molar-refractivity contribution is 5.76. The van der Waals surface area contributed by atoms with Gasteiger partial charge in [0.05, 0.1) is 6.54 Å². The molecule has 0 aromatic carbocycles. The molecule has 0 bridgehead atoms. The summed E-state index contributed by atoms with van der Waals surface area (Å²) in [6.07, 6.45) is 7.55. The molecule has 2 heterocycles. The lowest BCUT2D eigenvalue weighted by atomic mass is 10.1. The van der Waals surface area contributed by atoms with Crippen LogP contribution in [-0.4, -0.2) is 32.0 Å². The van der Waals surface area contributed by atoms with Crippen molar-refractivity contribution in [3.05, 3.63) is 23.3 Å². The number of nitrogens with one attached hydrogen (secondary N) is 1. The lowest BCUT2D eigenvalue weighted by Crippen LogP contribution is -2.24. The van der Waals surface area contributed by atoms with E-state index in [-0.39, 0.29) is 12.5 Å². The summed E-state index contributed by atoms with van der Waals surface area (Å²) in [5.74, 6) is 2.89. The third kappa shape index (κ3) is 2.71. The van der Waals surface area contributed by atoms with E-state index in [0.29, 0.717) is 18.6 Å². The number of hydrogen-bond donors (Lipinski definition) is 1. The van der Waals surface area contributed by atoms with Crippen LogP contribution in [0.15, 0.2) is 6.33 Å². The highest BCUT2D eigenvalue weighted by Gasteiger charge is 2.12. The molecule has 0 aliphatic rings. The summed E-state index contributed by atoms with van der Waals surface area (Å²) >= 11 is 0. The molecule has 6 nitrogen and oxygen atoms in total. The van der Waals surface area contributed by atoms with Crippen LogP contribution in [0, 0.1) is 26.2 Å². The molecule has 1 N–H and O–H groups in total. The number of aryl methyl sites for hydroxylation is 2. The average Bonchev–Trinajstić information content (AvgIpc) is 2.84. The number of carbonyl (C=O) groups excluding carboxylic acids is 1. The Balaban J connectivity index is 2.16. The number of terminal acetylenes is 1. The maximum absolute atomic E-state index is 11.5. The van der Waals surface area contributed by atoms with Gasteiger partial charge in [0.25, 0.3) is 5.78 Å².